The molecular formula is C18H20N6O3S. The number of tetrazole rings is 1. The van der Waals surface area contributed by atoms with Crippen molar-refractivity contribution >= 4 is 21.6 Å². The van der Waals surface area contributed by atoms with Gasteiger partial charge in [-0.25, -0.2) is 12.7 Å². The lowest BCUT2D eigenvalue weighted by Gasteiger charge is -2.15. The van der Waals surface area contributed by atoms with Gasteiger partial charge in [-0.2, -0.15) is 4.80 Å². The van der Waals surface area contributed by atoms with Gasteiger partial charge in [0.25, 0.3) is 0 Å². The van der Waals surface area contributed by atoms with E-state index < -0.39 is 15.9 Å². The van der Waals surface area contributed by atoms with E-state index in [0.717, 1.165) is 9.87 Å². The molecule has 146 valence electrons. The predicted octanol–water partition coefficient (Wildman–Crippen LogP) is 1.54. The Kier molecular flexibility index (Phi) is 5.52. The third-order valence-electron chi connectivity index (χ3n) is 4.00. The maximum atomic E-state index is 12.4. The van der Waals surface area contributed by atoms with Gasteiger partial charge in [0.2, 0.25) is 21.8 Å². The first-order valence-electron chi connectivity index (χ1n) is 8.43. The van der Waals surface area contributed by atoms with E-state index in [9.17, 15) is 13.2 Å². The van der Waals surface area contributed by atoms with E-state index in [0.29, 0.717) is 17.1 Å². The topological polar surface area (TPSA) is 110 Å². The fraction of sp³-hybridized carbons (Fsp3) is 0.222. The van der Waals surface area contributed by atoms with Crippen molar-refractivity contribution in [2.45, 2.75) is 18.4 Å². The molecule has 0 saturated heterocycles. The van der Waals surface area contributed by atoms with Crippen molar-refractivity contribution in [2.24, 2.45) is 0 Å². The van der Waals surface area contributed by atoms with Crippen molar-refractivity contribution in [2.75, 3.05) is 19.4 Å². The van der Waals surface area contributed by atoms with Gasteiger partial charge >= 0.3 is 0 Å². The third kappa shape index (κ3) is 4.24. The van der Waals surface area contributed by atoms with Crippen molar-refractivity contribution in [3.05, 3.63) is 54.1 Å². The summed E-state index contributed by atoms with van der Waals surface area (Å²) in [4.78, 5) is 13.6. The molecular weight excluding hydrogens is 380 g/mol. The maximum Gasteiger partial charge on any atom is 0.248 e. The number of aromatic nitrogens is 4. The number of hydrogen-bond acceptors (Lipinski definition) is 6. The number of benzene rings is 2. The Bertz CT molecular complexity index is 1090. The Balaban J connectivity index is 1.73. The fourth-order valence-electron chi connectivity index (χ4n) is 2.49. The predicted molar refractivity (Wildman–Crippen MR) is 104 cm³/mol. The summed E-state index contributed by atoms with van der Waals surface area (Å²) in [5.41, 5.74) is 1.77. The van der Waals surface area contributed by atoms with Crippen LogP contribution in [0.2, 0.25) is 0 Å². The van der Waals surface area contributed by atoms with Gasteiger partial charge in [-0.1, -0.05) is 36.4 Å². The van der Waals surface area contributed by atoms with Crippen molar-refractivity contribution in [3.63, 3.8) is 0 Å². The van der Waals surface area contributed by atoms with Crippen LogP contribution in [0.1, 0.15) is 5.56 Å². The second-order valence-electron chi connectivity index (χ2n) is 6.33. The first-order valence-corrected chi connectivity index (χ1v) is 9.87. The highest BCUT2D eigenvalue weighted by molar-refractivity contribution is 7.89. The highest BCUT2D eigenvalue weighted by Crippen LogP contribution is 2.22. The van der Waals surface area contributed by atoms with Crippen LogP contribution in [0, 0.1) is 6.92 Å². The van der Waals surface area contributed by atoms with Gasteiger partial charge in [-0.15, -0.1) is 10.2 Å². The van der Waals surface area contributed by atoms with Crippen molar-refractivity contribution in [1.29, 1.82) is 0 Å². The van der Waals surface area contributed by atoms with E-state index in [1.165, 1.54) is 25.0 Å². The fourth-order valence-corrected chi connectivity index (χ4v) is 3.64. The first-order chi connectivity index (χ1) is 13.3. The van der Waals surface area contributed by atoms with Crippen LogP contribution >= 0.6 is 0 Å². The summed E-state index contributed by atoms with van der Waals surface area (Å²) in [6.45, 7) is 1.55. The molecule has 0 bridgehead atoms. The number of amides is 1. The number of nitrogens with zero attached hydrogens (tertiary/aromatic N) is 5. The molecule has 0 spiro atoms. The average Bonchev–Trinajstić information content (AvgIpc) is 3.12. The summed E-state index contributed by atoms with van der Waals surface area (Å²) < 4.78 is 25.9. The Morgan fingerprint density at radius 2 is 1.86 bits per heavy atom. The summed E-state index contributed by atoms with van der Waals surface area (Å²) in [5, 5.41) is 14.7. The van der Waals surface area contributed by atoms with Crippen molar-refractivity contribution < 1.29 is 13.2 Å². The summed E-state index contributed by atoms with van der Waals surface area (Å²) in [6.07, 6.45) is 0. The van der Waals surface area contributed by atoms with E-state index in [4.69, 9.17) is 0 Å². The van der Waals surface area contributed by atoms with Gasteiger partial charge in [0.05, 0.1) is 4.90 Å². The lowest BCUT2D eigenvalue weighted by atomic mass is 10.2. The average molecular weight is 400 g/mol. The van der Waals surface area contributed by atoms with Gasteiger partial charge in [0.1, 0.15) is 6.54 Å². The molecule has 2 aromatic carbocycles. The second kappa shape index (κ2) is 7.87. The number of carbonyl (C=O) groups is 1. The number of anilines is 1. The van der Waals surface area contributed by atoms with Crippen LogP contribution < -0.4 is 5.32 Å². The summed E-state index contributed by atoms with van der Waals surface area (Å²) in [6, 6.07) is 14.0. The van der Waals surface area contributed by atoms with Crippen LogP contribution in [-0.2, 0) is 21.4 Å². The molecule has 1 N–H and O–H groups in total. The maximum absolute atomic E-state index is 12.4. The molecule has 0 radical (unpaired) electrons. The number of rotatable bonds is 6. The molecule has 1 amide bonds. The highest BCUT2D eigenvalue weighted by atomic mass is 32.2. The Morgan fingerprint density at radius 3 is 2.54 bits per heavy atom. The second-order valence-corrected chi connectivity index (χ2v) is 8.45. The number of sulfonamides is 1. The van der Waals surface area contributed by atoms with Gasteiger partial charge < -0.3 is 5.32 Å². The minimum Gasteiger partial charge on any atom is -0.324 e. The van der Waals surface area contributed by atoms with E-state index in [1.54, 1.807) is 19.1 Å². The first kappa shape index (κ1) is 19.6. The van der Waals surface area contributed by atoms with Crippen LogP contribution in [-0.4, -0.2) is 52.9 Å². The van der Waals surface area contributed by atoms with E-state index in [2.05, 4.69) is 20.7 Å². The van der Waals surface area contributed by atoms with E-state index in [-0.39, 0.29) is 11.4 Å². The molecule has 0 aliphatic heterocycles. The molecule has 9 nitrogen and oxygen atoms in total. The van der Waals surface area contributed by atoms with Gasteiger partial charge in [-0.3, -0.25) is 4.79 Å². The van der Waals surface area contributed by atoms with Crippen LogP contribution in [0.3, 0.4) is 0 Å². The van der Waals surface area contributed by atoms with Crippen LogP contribution in [0.25, 0.3) is 11.4 Å². The molecule has 10 heteroatoms. The molecule has 1 aromatic heterocycles. The number of aryl methyl sites for hydroxylation is 1. The smallest absolute Gasteiger partial charge is 0.248 e. The lowest BCUT2D eigenvalue weighted by molar-refractivity contribution is -0.117. The monoisotopic (exact) mass is 400 g/mol. The van der Waals surface area contributed by atoms with Crippen LogP contribution in [0.4, 0.5) is 5.69 Å². The van der Waals surface area contributed by atoms with E-state index in [1.807, 2.05) is 30.3 Å². The Morgan fingerprint density at radius 1 is 1.14 bits per heavy atom. The summed E-state index contributed by atoms with van der Waals surface area (Å²) >= 11 is 0. The Hall–Kier alpha value is -3.11. The van der Waals surface area contributed by atoms with Crippen LogP contribution in [0.5, 0.6) is 0 Å². The molecule has 0 unspecified atom stereocenters. The summed E-state index contributed by atoms with van der Waals surface area (Å²) in [7, 11) is -0.692. The van der Waals surface area contributed by atoms with Gasteiger partial charge in [-0.05, 0) is 29.8 Å². The van der Waals surface area contributed by atoms with Gasteiger partial charge in [0, 0.05) is 25.3 Å². The SMILES string of the molecule is Cc1ccc(NC(=O)Cn2nnc(-c3ccccc3)n2)cc1S(=O)(=O)N(C)C. The largest absolute Gasteiger partial charge is 0.324 e. The highest BCUT2D eigenvalue weighted by Gasteiger charge is 2.20. The molecule has 1 heterocycles. The molecule has 3 aromatic rings. The molecule has 0 fully saturated rings. The third-order valence-corrected chi connectivity index (χ3v) is 5.96. The zero-order chi connectivity index (χ0) is 20.3. The quantitative estimate of drug-likeness (QED) is 0.672. The lowest BCUT2D eigenvalue weighted by Crippen LogP contribution is -2.24. The molecule has 0 saturated carbocycles. The van der Waals surface area contributed by atoms with Crippen molar-refractivity contribution in [1.82, 2.24) is 24.5 Å². The molecule has 0 atom stereocenters. The standard InChI is InChI=1S/C18H20N6O3S/c1-13-9-10-15(11-16(13)28(26,27)23(2)3)19-17(25)12-24-21-18(20-22-24)14-7-5-4-6-8-14/h4-11H,12H2,1-3H3,(H,19,25). The van der Waals surface area contributed by atoms with Crippen molar-refractivity contribution in [3.8, 4) is 11.4 Å². The molecule has 3 rings (SSSR count). The van der Waals surface area contributed by atoms with Crippen LogP contribution in [0.15, 0.2) is 53.4 Å². The van der Waals surface area contributed by atoms with Gasteiger partial charge in [0.15, 0.2) is 0 Å². The van der Waals surface area contributed by atoms with E-state index >= 15 is 0 Å². The zero-order valence-electron chi connectivity index (χ0n) is 15.7. The Labute approximate surface area is 163 Å². The normalized spacial score (nSPS) is 11.6. The zero-order valence-corrected chi connectivity index (χ0v) is 16.5. The minimum atomic E-state index is -3.61. The number of hydrogen-bond donors (Lipinski definition) is 1. The molecule has 0 aliphatic rings. The molecule has 0 aliphatic carbocycles. The minimum absolute atomic E-state index is 0.139. The summed E-state index contributed by atoms with van der Waals surface area (Å²) in [5.74, 6) is 0.0252. The number of carbonyl (C=O) groups excluding carboxylic acids is 1. The number of nitrogens with one attached hydrogen (secondary N) is 1. The molecule has 28 heavy (non-hydrogen) atoms.